The number of nitrogens with one attached hydrogen (secondary N) is 1. The van der Waals surface area contributed by atoms with E-state index >= 15 is 0 Å². The number of rotatable bonds is 4. The van der Waals surface area contributed by atoms with E-state index in [0.717, 1.165) is 19.3 Å². The molecule has 0 saturated heterocycles. The van der Waals surface area contributed by atoms with Crippen molar-refractivity contribution >= 4 is 5.97 Å². The first-order chi connectivity index (χ1) is 11.5. The second-order valence-corrected chi connectivity index (χ2v) is 6.08. The second kappa shape index (κ2) is 6.43. The highest BCUT2D eigenvalue weighted by Crippen LogP contribution is 2.38. The van der Waals surface area contributed by atoms with Crippen LogP contribution >= 0.6 is 0 Å². The molecule has 1 aliphatic heterocycles. The lowest BCUT2D eigenvalue weighted by Crippen LogP contribution is -2.34. The predicted molar refractivity (Wildman–Crippen MR) is 86.2 cm³/mol. The van der Waals surface area contributed by atoms with Gasteiger partial charge in [0.25, 0.3) is 5.70 Å². The summed E-state index contributed by atoms with van der Waals surface area (Å²) >= 11 is 0. The second-order valence-electron chi connectivity index (χ2n) is 6.08. The molecule has 7 nitrogen and oxygen atoms in total. The smallest absolute Gasteiger partial charge is 0.337 e. The Bertz CT molecular complexity index is 735. The van der Waals surface area contributed by atoms with Gasteiger partial charge in [-0.25, -0.2) is 4.79 Å². The number of hydrogen-bond donors (Lipinski definition) is 1. The number of hydrogen-bond acceptors (Lipinski definition) is 6. The first-order valence-corrected chi connectivity index (χ1v) is 7.94. The normalized spacial score (nSPS) is 21.2. The number of allylic oxidation sites excluding steroid dienone is 3. The molecule has 3 rings (SSSR count). The third kappa shape index (κ3) is 2.89. The minimum Gasteiger partial charge on any atom is -0.459 e. The van der Waals surface area contributed by atoms with Crippen molar-refractivity contribution in [2.24, 2.45) is 0 Å². The topological polar surface area (TPSA) is 94.4 Å². The lowest BCUT2D eigenvalue weighted by atomic mass is 9.86. The number of nitrogens with zero attached hydrogens (tertiary/aromatic N) is 2. The number of aromatic nitrogens is 1. The molecular formula is C17H19N3O4. The molecule has 0 radical (unpaired) electrons. The van der Waals surface area contributed by atoms with Gasteiger partial charge in [0.2, 0.25) is 0 Å². The Morgan fingerprint density at radius 1 is 1.33 bits per heavy atom. The van der Waals surface area contributed by atoms with Gasteiger partial charge in [0.15, 0.2) is 0 Å². The third-order valence-electron chi connectivity index (χ3n) is 4.45. The number of ether oxygens (including phenoxy) is 1. The number of pyridine rings is 1. The minimum absolute atomic E-state index is 0.0696. The van der Waals surface area contributed by atoms with Crippen LogP contribution in [0.15, 0.2) is 47.1 Å². The molecule has 126 valence electrons. The first-order valence-electron chi connectivity index (χ1n) is 7.94. The summed E-state index contributed by atoms with van der Waals surface area (Å²) in [6.45, 7) is 3.36. The molecule has 1 unspecified atom stereocenters. The molecule has 1 fully saturated rings. The highest BCUT2D eigenvalue weighted by Gasteiger charge is 2.42. The van der Waals surface area contributed by atoms with Gasteiger partial charge in [-0.2, -0.15) is 0 Å². The number of nitro groups is 1. The summed E-state index contributed by atoms with van der Waals surface area (Å²) in [5.41, 5.74) is 1.63. The van der Waals surface area contributed by atoms with Crippen molar-refractivity contribution in [3.8, 4) is 0 Å². The molecule has 0 aromatic carbocycles. The van der Waals surface area contributed by atoms with E-state index in [4.69, 9.17) is 4.74 Å². The van der Waals surface area contributed by atoms with Crippen LogP contribution in [0.25, 0.3) is 0 Å². The summed E-state index contributed by atoms with van der Waals surface area (Å²) < 4.78 is 5.50. The van der Waals surface area contributed by atoms with E-state index < -0.39 is 16.8 Å². The largest absolute Gasteiger partial charge is 0.459 e. The van der Waals surface area contributed by atoms with Crippen LogP contribution in [0.1, 0.15) is 44.7 Å². The van der Waals surface area contributed by atoms with Crippen LogP contribution in [0.5, 0.6) is 0 Å². The van der Waals surface area contributed by atoms with E-state index in [2.05, 4.69) is 10.3 Å². The fraction of sp³-hybridized carbons (Fsp3) is 0.412. The minimum atomic E-state index is -0.838. The molecule has 2 aliphatic rings. The molecule has 2 heterocycles. The zero-order chi connectivity index (χ0) is 17.3. The zero-order valence-electron chi connectivity index (χ0n) is 13.6. The van der Waals surface area contributed by atoms with E-state index in [-0.39, 0.29) is 17.4 Å². The Labute approximate surface area is 139 Å². The molecule has 7 heteroatoms. The van der Waals surface area contributed by atoms with Crippen LogP contribution < -0.4 is 5.32 Å². The molecule has 1 aliphatic carbocycles. The molecule has 24 heavy (non-hydrogen) atoms. The molecule has 0 amide bonds. The Hall–Kier alpha value is -2.70. The van der Waals surface area contributed by atoms with Gasteiger partial charge in [-0.1, -0.05) is 6.07 Å². The van der Waals surface area contributed by atoms with Crippen molar-refractivity contribution in [3.63, 3.8) is 0 Å². The summed E-state index contributed by atoms with van der Waals surface area (Å²) in [5.74, 6) is -1.35. The number of carbonyl (C=O) groups excluding carboxylic acids is 1. The van der Waals surface area contributed by atoms with Gasteiger partial charge in [0.05, 0.1) is 21.9 Å². The van der Waals surface area contributed by atoms with E-state index in [9.17, 15) is 14.9 Å². The van der Waals surface area contributed by atoms with Crippen molar-refractivity contribution in [1.29, 1.82) is 0 Å². The maximum absolute atomic E-state index is 12.7. The summed E-state index contributed by atoms with van der Waals surface area (Å²) in [6, 6.07) is 5.17. The third-order valence-corrected chi connectivity index (χ3v) is 4.45. The molecule has 1 saturated carbocycles. The lowest BCUT2D eigenvalue weighted by molar-refractivity contribution is -0.431. The van der Waals surface area contributed by atoms with Crippen LogP contribution in [0, 0.1) is 10.1 Å². The summed E-state index contributed by atoms with van der Waals surface area (Å²) in [6.07, 6.45) is 4.20. The summed E-state index contributed by atoms with van der Waals surface area (Å²) in [5, 5.41) is 14.6. The Kier molecular flexibility index (Phi) is 4.33. The first kappa shape index (κ1) is 16.2. The number of esters is 1. The number of dihydropyridines is 1. The van der Waals surface area contributed by atoms with Gasteiger partial charge in [0, 0.05) is 11.9 Å². The molecule has 1 atom stereocenters. The van der Waals surface area contributed by atoms with E-state index in [1.54, 1.807) is 38.2 Å². The van der Waals surface area contributed by atoms with Crippen LogP contribution in [-0.4, -0.2) is 22.0 Å². The average molecular weight is 329 g/mol. The molecule has 1 aromatic rings. The van der Waals surface area contributed by atoms with Gasteiger partial charge < -0.3 is 10.1 Å². The monoisotopic (exact) mass is 329 g/mol. The molecule has 1 N–H and O–H groups in total. The Morgan fingerprint density at radius 2 is 2.08 bits per heavy atom. The van der Waals surface area contributed by atoms with Crippen molar-refractivity contribution in [3.05, 3.63) is 62.9 Å². The van der Waals surface area contributed by atoms with Crippen LogP contribution in [0.2, 0.25) is 0 Å². The van der Waals surface area contributed by atoms with Gasteiger partial charge >= 0.3 is 5.97 Å². The fourth-order valence-corrected chi connectivity index (χ4v) is 3.03. The number of carbonyl (C=O) groups is 1. The summed E-state index contributed by atoms with van der Waals surface area (Å²) in [7, 11) is 0. The summed E-state index contributed by atoms with van der Waals surface area (Å²) in [4.78, 5) is 28.1. The van der Waals surface area contributed by atoms with Crippen molar-refractivity contribution in [2.75, 3.05) is 0 Å². The standard InChI is InChI=1S/C17H19N3O4/c1-10-14(17(21)24-12-6-5-7-12)15(13-8-3-4-9-18-13)16(20(22)23)11(2)19-10/h3-4,8-9,12,15,19H,5-7H2,1-2H3. The van der Waals surface area contributed by atoms with Gasteiger partial charge in [0.1, 0.15) is 12.0 Å². The van der Waals surface area contributed by atoms with Gasteiger partial charge in [-0.15, -0.1) is 0 Å². The van der Waals surface area contributed by atoms with Crippen LogP contribution in [-0.2, 0) is 9.53 Å². The fourth-order valence-electron chi connectivity index (χ4n) is 3.03. The SMILES string of the molecule is CC1=C(C(=O)OC2CCC2)C(c2ccccn2)C([N+](=O)[O-])=C(C)N1. The molecule has 1 aromatic heterocycles. The molecule has 0 bridgehead atoms. The average Bonchev–Trinajstić information content (AvgIpc) is 2.50. The maximum Gasteiger partial charge on any atom is 0.337 e. The zero-order valence-corrected chi connectivity index (χ0v) is 13.6. The van der Waals surface area contributed by atoms with E-state index in [1.165, 1.54) is 0 Å². The lowest BCUT2D eigenvalue weighted by Gasteiger charge is -2.29. The van der Waals surface area contributed by atoms with Crippen LogP contribution in [0.3, 0.4) is 0 Å². The predicted octanol–water partition coefficient (Wildman–Crippen LogP) is 2.65. The Balaban J connectivity index is 2.04. The maximum atomic E-state index is 12.7. The van der Waals surface area contributed by atoms with Crippen molar-refractivity contribution in [1.82, 2.24) is 10.3 Å². The van der Waals surface area contributed by atoms with Gasteiger partial charge in [-0.05, 0) is 45.2 Å². The molecule has 0 spiro atoms. The van der Waals surface area contributed by atoms with Crippen molar-refractivity contribution in [2.45, 2.75) is 45.1 Å². The Morgan fingerprint density at radius 3 is 2.62 bits per heavy atom. The highest BCUT2D eigenvalue weighted by atomic mass is 16.6. The van der Waals surface area contributed by atoms with Crippen molar-refractivity contribution < 1.29 is 14.5 Å². The highest BCUT2D eigenvalue weighted by molar-refractivity contribution is 5.92. The quantitative estimate of drug-likeness (QED) is 0.518. The van der Waals surface area contributed by atoms with E-state index in [1.807, 2.05) is 0 Å². The van der Waals surface area contributed by atoms with Gasteiger partial charge in [-0.3, -0.25) is 15.1 Å². The van der Waals surface area contributed by atoms with Crippen LogP contribution in [0.4, 0.5) is 0 Å². The van der Waals surface area contributed by atoms with E-state index in [0.29, 0.717) is 17.1 Å². The molecular weight excluding hydrogens is 310 g/mol.